The van der Waals surface area contributed by atoms with Crippen LogP contribution in [0.2, 0.25) is 0 Å². The molecule has 0 bridgehead atoms. The Morgan fingerprint density at radius 1 is 1.24 bits per heavy atom. The first kappa shape index (κ1) is 17.0. The zero-order valence-electron chi connectivity index (χ0n) is 14.7. The summed E-state index contributed by atoms with van der Waals surface area (Å²) in [6, 6.07) is 11.0. The Morgan fingerprint density at radius 3 is 2.60 bits per heavy atom. The van der Waals surface area contributed by atoms with Crippen LogP contribution in [0.15, 0.2) is 40.9 Å². The van der Waals surface area contributed by atoms with E-state index in [1.54, 1.807) is 11.0 Å². The van der Waals surface area contributed by atoms with Gasteiger partial charge in [0.2, 0.25) is 11.8 Å². The smallest absolute Gasteiger partial charge is 0.325 e. The average molecular weight is 342 g/mol. The first-order valence-corrected chi connectivity index (χ1v) is 8.23. The van der Waals surface area contributed by atoms with Gasteiger partial charge in [-0.3, -0.25) is 15.0 Å². The Bertz CT molecular complexity index is 764. The lowest BCUT2D eigenvalue weighted by Gasteiger charge is -2.18. The van der Waals surface area contributed by atoms with Crippen LogP contribution in [0.1, 0.15) is 26.5 Å². The molecule has 1 fully saturated rings. The lowest BCUT2D eigenvalue weighted by molar-refractivity contribution is -0.116. The fraction of sp³-hybridized carbons (Fsp3) is 0.389. The fourth-order valence-corrected chi connectivity index (χ4v) is 2.61. The Kier molecular flexibility index (Phi) is 4.48. The number of carbonyl (C=O) groups is 2. The van der Waals surface area contributed by atoms with E-state index in [4.69, 9.17) is 4.52 Å². The number of aromatic nitrogens is 1. The number of anilines is 2. The van der Waals surface area contributed by atoms with Gasteiger partial charge in [0, 0.05) is 30.3 Å². The highest BCUT2D eigenvalue weighted by Gasteiger charge is 2.31. The summed E-state index contributed by atoms with van der Waals surface area (Å²) in [4.78, 5) is 27.9. The summed E-state index contributed by atoms with van der Waals surface area (Å²) < 4.78 is 5.15. The number of hydrogen-bond acceptors (Lipinski definition) is 4. The predicted octanol–water partition coefficient (Wildman–Crippen LogP) is 2.85. The average Bonchev–Trinajstić information content (AvgIpc) is 3.16. The maximum Gasteiger partial charge on any atom is 0.325 e. The number of nitrogens with zero attached hydrogens (tertiary/aromatic N) is 3. The van der Waals surface area contributed by atoms with Gasteiger partial charge in [0.1, 0.15) is 6.54 Å². The van der Waals surface area contributed by atoms with Crippen molar-refractivity contribution >= 4 is 23.5 Å². The standard InChI is InChI=1S/C18H22N4O3/c1-18(2,3)14-11-16(25-20-14)19-15(23)12-21-9-10-22(17(21)24)13-7-5-4-6-8-13/h4-8,11H,9-10,12H2,1-3H3,(H,19,23). The first-order chi connectivity index (χ1) is 11.8. The van der Waals surface area contributed by atoms with Gasteiger partial charge in [-0.1, -0.05) is 44.1 Å². The number of benzene rings is 1. The van der Waals surface area contributed by atoms with Crippen molar-refractivity contribution < 1.29 is 14.1 Å². The highest BCUT2D eigenvalue weighted by Crippen LogP contribution is 2.24. The van der Waals surface area contributed by atoms with Crippen molar-refractivity contribution in [3.05, 3.63) is 42.1 Å². The van der Waals surface area contributed by atoms with Crippen molar-refractivity contribution in [1.29, 1.82) is 0 Å². The number of para-hydroxylation sites is 1. The number of rotatable bonds is 4. The lowest BCUT2D eigenvalue weighted by Crippen LogP contribution is -2.37. The van der Waals surface area contributed by atoms with Crippen LogP contribution >= 0.6 is 0 Å². The second-order valence-electron chi connectivity index (χ2n) is 7.07. The quantitative estimate of drug-likeness (QED) is 0.927. The van der Waals surface area contributed by atoms with E-state index >= 15 is 0 Å². The van der Waals surface area contributed by atoms with E-state index in [0.29, 0.717) is 19.0 Å². The number of amides is 3. The highest BCUT2D eigenvalue weighted by atomic mass is 16.5. The molecule has 2 aromatic rings. The van der Waals surface area contributed by atoms with E-state index in [2.05, 4.69) is 10.5 Å². The molecular weight excluding hydrogens is 320 g/mol. The van der Waals surface area contributed by atoms with Crippen molar-refractivity contribution in [2.45, 2.75) is 26.2 Å². The van der Waals surface area contributed by atoms with Crippen LogP contribution in [-0.2, 0) is 10.2 Å². The van der Waals surface area contributed by atoms with E-state index in [0.717, 1.165) is 11.4 Å². The Balaban J connectivity index is 1.58. The van der Waals surface area contributed by atoms with Crippen molar-refractivity contribution in [2.24, 2.45) is 0 Å². The SMILES string of the molecule is CC(C)(C)c1cc(NC(=O)CN2CCN(c3ccccc3)C2=O)on1. The Morgan fingerprint density at radius 2 is 1.96 bits per heavy atom. The van der Waals surface area contributed by atoms with E-state index in [-0.39, 0.29) is 23.9 Å². The van der Waals surface area contributed by atoms with Gasteiger partial charge in [-0.25, -0.2) is 4.79 Å². The zero-order chi connectivity index (χ0) is 18.0. The summed E-state index contributed by atoms with van der Waals surface area (Å²) in [6.45, 7) is 7.08. The molecule has 2 heterocycles. The van der Waals surface area contributed by atoms with Crippen molar-refractivity contribution in [3.63, 3.8) is 0 Å². The summed E-state index contributed by atoms with van der Waals surface area (Å²) in [7, 11) is 0. The Hall–Kier alpha value is -2.83. The van der Waals surface area contributed by atoms with Crippen molar-refractivity contribution in [1.82, 2.24) is 10.1 Å². The van der Waals surface area contributed by atoms with Crippen LogP contribution < -0.4 is 10.2 Å². The molecule has 1 aromatic carbocycles. The third kappa shape index (κ3) is 3.81. The predicted molar refractivity (Wildman–Crippen MR) is 94.6 cm³/mol. The molecule has 0 saturated carbocycles. The van der Waals surface area contributed by atoms with Crippen molar-refractivity contribution in [2.75, 3.05) is 29.9 Å². The molecule has 25 heavy (non-hydrogen) atoms. The molecular formula is C18H22N4O3. The second-order valence-corrected chi connectivity index (χ2v) is 7.07. The van der Waals surface area contributed by atoms with Crippen LogP contribution in [0.3, 0.4) is 0 Å². The topological polar surface area (TPSA) is 78.7 Å². The van der Waals surface area contributed by atoms with Crippen LogP contribution in [0.25, 0.3) is 0 Å². The van der Waals surface area contributed by atoms with Gasteiger partial charge in [-0.15, -0.1) is 0 Å². The summed E-state index contributed by atoms with van der Waals surface area (Å²) in [5.74, 6) is -0.0126. The van der Waals surface area contributed by atoms with E-state index in [1.165, 1.54) is 4.90 Å². The molecule has 1 aromatic heterocycles. The van der Waals surface area contributed by atoms with Gasteiger partial charge in [0.05, 0.1) is 5.69 Å². The largest absolute Gasteiger partial charge is 0.338 e. The minimum atomic E-state index is -0.306. The zero-order valence-corrected chi connectivity index (χ0v) is 14.7. The van der Waals surface area contributed by atoms with E-state index in [1.807, 2.05) is 51.1 Å². The number of hydrogen-bond donors (Lipinski definition) is 1. The molecule has 1 saturated heterocycles. The fourth-order valence-electron chi connectivity index (χ4n) is 2.61. The first-order valence-electron chi connectivity index (χ1n) is 8.23. The van der Waals surface area contributed by atoms with Crippen LogP contribution in [-0.4, -0.2) is 41.6 Å². The molecule has 0 spiro atoms. The normalized spacial score (nSPS) is 14.9. The van der Waals surface area contributed by atoms with Gasteiger partial charge in [0.15, 0.2) is 0 Å². The second kappa shape index (κ2) is 6.58. The highest BCUT2D eigenvalue weighted by molar-refractivity contribution is 5.98. The monoisotopic (exact) mass is 342 g/mol. The van der Waals surface area contributed by atoms with Gasteiger partial charge >= 0.3 is 6.03 Å². The summed E-state index contributed by atoms with van der Waals surface area (Å²) >= 11 is 0. The van der Waals surface area contributed by atoms with Crippen LogP contribution in [0, 0.1) is 0 Å². The van der Waals surface area contributed by atoms with Crippen LogP contribution in [0.5, 0.6) is 0 Å². The van der Waals surface area contributed by atoms with Gasteiger partial charge < -0.3 is 9.42 Å². The minimum absolute atomic E-state index is 0.0201. The van der Waals surface area contributed by atoms with E-state index < -0.39 is 0 Å². The molecule has 0 unspecified atom stereocenters. The van der Waals surface area contributed by atoms with E-state index in [9.17, 15) is 9.59 Å². The maximum absolute atomic E-state index is 12.5. The molecule has 7 heteroatoms. The molecule has 1 aliphatic heterocycles. The summed E-state index contributed by atoms with van der Waals surface area (Å²) in [6.07, 6.45) is 0. The van der Waals surface area contributed by atoms with Crippen LogP contribution in [0.4, 0.5) is 16.4 Å². The third-order valence-corrected chi connectivity index (χ3v) is 4.04. The van der Waals surface area contributed by atoms with Gasteiger partial charge in [0.25, 0.3) is 0 Å². The maximum atomic E-state index is 12.5. The summed E-state index contributed by atoms with van der Waals surface area (Å²) in [5.41, 5.74) is 1.43. The number of urea groups is 1. The van der Waals surface area contributed by atoms with Gasteiger partial charge in [-0.05, 0) is 12.1 Å². The third-order valence-electron chi connectivity index (χ3n) is 4.04. The molecule has 1 aliphatic rings. The number of carbonyl (C=O) groups excluding carboxylic acids is 2. The molecule has 3 amide bonds. The van der Waals surface area contributed by atoms with Crippen molar-refractivity contribution in [3.8, 4) is 0 Å². The molecule has 1 N–H and O–H groups in total. The molecule has 7 nitrogen and oxygen atoms in total. The molecule has 0 atom stereocenters. The molecule has 0 aliphatic carbocycles. The number of nitrogens with one attached hydrogen (secondary N) is 1. The molecule has 3 rings (SSSR count). The Labute approximate surface area is 146 Å². The summed E-state index contributed by atoms with van der Waals surface area (Å²) in [5, 5.41) is 6.62. The molecule has 0 radical (unpaired) electrons. The minimum Gasteiger partial charge on any atom is -0.338 e. The lowest BCUT2D eigenvalue weighted by atomic mass is 9.92. The molecule has 132 valence electrons. The van der Waals surface area contributed by atoms with Gasteiger partial charge in [-0.2, -0.15) is 0 Å².